The van der Waals surface area contributed by atoms with Crippen LogP contribution in [0.25, 0.3) is 10.2 Å². The summed E-state index contributed by atoms with van der Waals surface area (Å²) in [7, 11) is 2.83. The lowest BCUT2D eigenvalue weighted by Crippen LogP contribution is -2.22. The molecule has 0 spiro atoms. The molecule has 0 radical (unpaired) electrons. The van der Waals surface area contributed by atoms with Crippen LogP contribution in [0.1, 0.15) is 10.4 Å². The van der Waals surface area contributed by atoms with Crippen LogP contribution in [0.2, 0.25) is 0 Å². The zero-order valence-electron chi connectivity index (χ0n) is 13.8. The summed E-state index contributed by atoms with van der Waals surface area (Å²) in [6.45, 7) is -0.0153. The van der Waals surface area contributed by atoms with Crippen LogP contribution in [0.4, 0.5) is 0 Å². The smallest absolute Gasteiger partial charge is 0.325 e. The topological polar surface area (TPSA) is 69.9 Å². The maximum atomic E-state index is 12.6. The standard InChI is InChI=1S/C18H16N2O4S/c1-23-14-9-5-3-7-12(14)17(22)19-18-20(11-16(21)24-2)13-8-4-6-10-15(13)25-18/h3-10H,11H2,1-2H3. The van der Waals surface area contributed by atoms with Crippen molar-refractivity contribution in [3.05, 3.63) is 58.9 Å². The Kier molecular flexibility index (Phi) is 4.95. The predicted octanol–water partition coefficient (Wildman–Crippen LogP) is 2.63. The van der Waals surface area contributed by atoms with Gasteiger partial charge in [0, 0.05) is 0 Å². The zero-order chi connectivity index (χ0) is 17.8. The molecule has 2 aromatic carbocycles. The Bertz CT molecular complexity index is 1000. The molecule has 0 fully saturated rings. The van der Waals surface area contributed by atoms with E-state index in [0.717, 1.165) is 10.2 Å². The van der Waals surface area contributed by atoms with Gasteiger partial charge in [0.1, 0.15) is 12.3 Å². The van der Waals surface area contributed by atoms with E-state index in [1.54, 1.807) is 28.8 Å². The Balaban J connectivity index is 2.13. The third kappa shape index (κ3) is 3.46. The summed E-state index contributed by atoms with van der Waals surface area (Å²) < 4.78 is 12.6. The van der Waals surface area contributed by atoms with Crippen molar-refractivity contribution in [1.29, 1.82) is 0 Å². The molecule has 0 bridgehead atoms. The maximum Gasteiger partial charge on any atom is 0.325 e. The first-order chi connectivity index (χ1) is 12.1. The number of thiazole rings is 1. The fraction of sp³-hybridized carbons (Fsp3) is 0.167. The normalized spacial score (nSPS) is 11.5. The van der Waals surface area contributed by atoms with E-state index in [2.05, 4.69) is 4.99 Å². The number of amides is 1. The molecule has 1 aromatic heterocycles. The van der Waals surface area contributed by atoms with E-state index in [0.29, 0.717) is 16.1 Å². The first-order valence-corrected chi connectivity index (χ1v) is 8.33. The SMILES string of the molecule is COC(=O)Cn1c(=NC(=O)c2ccccc2OC)sc2ccccc21. The molecule has 0 aliphatic carbocycles. The first-order valence-electron chi connectivity index (χ1n) is 7.51. The predicted molar refractivity (Wildman–Crippen MR) is 94.7 cm³/mol. The van der Waals surface area contributed by atoms with E-state index in [4.69, 9.17) is 9.47 Å². The highest BCUT2D eigenvalue weighted by atomic mass is 32.1. The van der Waals surface area contributed by atoms with Crippen molar-refractivity contribution in [1.82, 2.24) is 4.57 Å². The molecule has 0 saturated heterocycles. The molecule has 6 nitrogen and oxygen atoms in total. The Morgan fingerprint density at radius 1 is 1.08 bits per heavy atom. The average molecular weight is 356 g/mol. The average Bonchev–Trinajstić information content (AvgIpc) is 2.98. The number of ether oxygens (including phenoxy) is 2. The molecule has 0 N–H and O–H groups in total. The third-order valence-electron chi connectivity index (χ3n) is 3.64. The molecule has 1 amide bonds. The number of rotatable bonds is 4. The van der Waals surface area contributed by atoms with E-state index in [-0.39, 0.29) is 6.54 Å². The Morgan fingerprint density at radius 2 is 1.80 bits per heavy atom. The van der Waals surface area contributed by atoms with Crippen LogP contribution in [0.15, 0.2) is 53.5 Å². The second kappa shape index (κ2) is 7.31. The van der Waals surface area contributed by atoms with E-state index >= 15 is 0 Å². The van der Waals surface area contributed by atoms with Crippen molar-refractivity contribution in [2.45, 2.75) is 6.54 Å². The number of benzene rings is 2. The summed E-state index contributed by atoms with van der Waals surface area (Å²) in [4.78, 5) is 29.0. The number of carbonyl (C=O) groups is 2. The van der Waals surface area contributed by atoms with Gasteiger partial charge in [-0.3, -0.25) is 9.59 Å². The lowest BCUT2D eigenvalue weighted by Gasteiger charge is -2.05. The number of methoxy groups -OCH3 is 2. The number of para-hydroxylation sites is 2. The Hall–Kier alpha value is -2.93. The quantitative estimate of drug-likeness (QED) is 0.674. The van der Waals surface area contributed by atoms with Crippen LogP contribution in [0.3, 0.4) is 0 Å². The Labute approximate surface area is 148 Å². The first kappa shape index (κ1) is 16.9. The second-order valence-corrected chi connectivity index (χ2v) is 6.14. The minimum absolute atomic E-state index is 0.0153. The van der Waals surface area contributed by atoms with Crippen LogP contribution in [-0.2, 0) is 16.1 Å². The van der Waals surface area contributed by atoms with E-state index in [1.165, 1.54) is 25.6 Å². The van der Waals surface area contributed by atoms with E-state index < -0.39 is 11.9 Å². The van der Waals surface area contributed by atoms with Gasteiger partial charge in [0.15, 0.2) is 4.80 Å². The van der Waals surface area contributed by atoms with Gasteiger partial charge < -0.3 is 14.0 Å². The van der Waals surface area contributed by atoms with Gasteiger partial charge in [-0.15, -0.1) is 0 Å². The molecule has 0 saturated carbocycles. The largest absolute Gasteiger partial charge is 0.496 e. The van der Waals surface area contributed by atoms with Crippen molar-refractivity contribution >= 4 is 33.4 Å². The van der Waals surface area contributed by atoms with Gasteiger partial charge in [0.2, 0.25) is 0 Å². The van der Waals surface area contributed by atoms with E-state index in [9.17, 15) is 9.59 Å². The van der Waals surface area contributed by atoms with Crippen LogP contribution >= 0.6 is 11.3 Å². The molecule has 0 aliphatic heterocycles. The van der Waals surface area contributed by atoms with Crippen molar-refractivity contribution in [2.24, 2.45) is 4.99 Å². The van der Waals surface area contributed by atoms with Gasteiger partial charge in [0.25, 0.3) is 5.91 Å². The molecule has 3 rings (SSSR count). The number of esters is 1. The van der Waals surface area contributed by atoms with Crippen LogP contribution < -0.4 is 9.54 Å². The highest BCUT2D eigenvalue weighted by Crippen LogP contribution is 2.19. The minimum atomic E-state index is -0.428. The van der Waals surface area contributed by atoms with Gasteiger partial charge in [-0.1, -0.05) is 35.6 Å². The van der Waals surface area contributed by atoms with Gasteiger partial charge >= 0.3 is 5.97 Å². The number of carbonyl (C=O) groups excluding carboxylic acids is 2. The van der Waals surface area contributed by atoms with Gasteiger partial charge in [-0.05, 0) is 24.3 Å². The van der Waals surface area contributed by atoms with Gasteiger partial charge in [-0.25, -0.2) is 0 Å². The third-order valence-corrected chi connectivity index (χ3v) is 4.70. The molecule has 0 atom stereocenters. The van der Waals surface area contributed by atoms with Gasteiger partial charge in [0.05, 0.1) is 30.0 Å². The molecule has 128 valence electrons. The van der Waals surface area contributed by atoms with Crippen molar-refractivity contribution < 1.29 is 19.1 Å². The Morgan fingerprint density at radius 3 is 2.56 bits per heavy atom. The van der Waals surface area contributed by atoms with Crippen molar-refractivity contribution in [3.63, 3.8) is 0 Å². The number of hydrogen-bond donors (Lipinski definition) is 0. The molecule has 0 unspecified atom stereocenters. The summed E-state index contributed by atoms with van der Waals surface area (Å²) in [5.74, 6) is -0.380. The number of aromatic nitrogens is 1. The number of nitrogens with zero attached hydrogens (tertiary/aromatic N) is 2. The van der Waals surface area contributed by atoms with Crippen molar-refractivity contribution in [3.8, 4) is 5.75 Å². The lowest BCUT2D eigenvalue weighted by atomic mass is 10.2. The molecule has 0 aliphatic rings. The molecule has 7 heteroatoms. The molecule has 1 heterocycles. The van der Waals surface area contributed by atoms with Crippen LogP contribution in [0.5, 0.6) is 5.75 Å². The summed E-state index contributed by atoms with van der Waals surface area (Å²) >= 11 is 1.34. The van der Waals surface area contributed by atoms with Crippen molar-refractivity contribution in [2.75, 3.05) is 14.2 Å². The summed E-state index contributed by atoms with van der Waals surface area (Å²) in [5, 5.41) is 0. The van der Waals surface area contributed by atoms with Gasteiger partial charge in [-0.2, -0.15) is 4.99 Å². The monoisotopic (exact) mass is 356 g/mol. The molecule has 25 heavy (non-hydrogen) atoms. The zero-order valence-corrected chi connectivity index (χ0v) is 14.6. The number of fused-ring (bicyclic) bond motifs is 1. The minimum Gasteiger partial charge on any atom is -0.496 e. The van der Waals surface area contributed by atoms with Crippen LogP contribution in [-0.4, -0.2) is 30.7 Å². The summed E-state index contributed by atoms with van der Waals surface area (Å²) in [6.07, 6.45) is 0. The fourth-order valence-corrected chi connectivity index (χ4v) is 3.45. The summed E-state index contributed by atoms with van der Waals surface area (Å²) in [5.41, 5.74) is 1.19. The van der Waals surface area contributed by atoms with Crippen LogP contribution in [0, 0.1) is 0 Å². The highest BCUT2D eigenvalue weighted by molar-refractivity contribution is 7.16. The summed E-state index contributed by atoms with van der Waals surface area (Å²) in [6, 6.07) is 14.5. The molecular weight excluding hydrogens is 340 g/mol. The molecular formula is C18H16N2O4S. The molecule has 3 aromatic rings. The van der Waals surface area contributed by atoms with E-state index in [1.807, 2.05) is 24.3 Å². The maximum absolute atomic E-state index is 12.6. The second-order valence-electron chi connectivity index (χ2n) is 5.13. The fourth-order valence-electron chi connectivity index (χ4n) is 2.42. The lowest BCUT2D eigenvalue weighted by molar-refractivity contribution is -0.141. The number of hydrogen-bond acceptors (Lipinski definition) is 5. The highest BCUT2D eigenvalue weighted by Gasteiger charge is 2.14.